The quantitative estimate of drug-likeness (QED) is 0.919. The second-order valence-corrected chi connectivity index (χ2v) is 5.23. The molecule has 0 aliphatic rings. The van der Waals surface area contributed by atoms with Crippen LogP contribution in [0.2, 0.25) is 5.02 Å². The van der Waals surface area contributed by atoms with Crippen molar-refractivity contribution >= 4 is 22.9 Å². The van der Waals surface area contributed by atoms with E-state index in [0.717, 1.165) is 11.3 Å². The van der Waals surface area contributed by atoms with Gasteiger partial charge in [0.15, 0.2) is 0 Å². The highest BCUT2D eigenvalue weighted by molar-refractivity contribution is 7.08. The summed E-state index contributed by atoms with van der Waals surface area (Å²) in [6.07, 6.45) is 1.63. The highest BCUT2D eigenvalue weighted by Gasteiger charge is 2.20. The Morgan fingerprint density at radius 1 is 1.56 bits per heavy atom. The van der Waals surface area contributed by atoms with Crippen molar-refractivity contribution in [2.75, 3.05) is 13.7 Å². The molecule has 2 rings (SSSR count). The molecule has 0 aromatic carbocycles. The topological polar surface area (TPSA) is 53.1 Å². The normalized spacial score (nSPS) is 12.9. The summed E-state index contributed by atoms with van der Waals surface area (Å²) in [7, 11) is 1.66. The van der Waals surface area contributed by atoms with Crippen molar-refractivity contribution in [2.24, 2.45) is 5.73 Å². The molecule has 4 nitrogen and oxygen atoms in total. The standard InChI is InChI=1S/C12H16ClN3OS/c1-8-6-18-7-9(8)11(14)12-10(13)5-15-16(12)3-4-17-2/h5-7,11H,3-4,14H2,1-2H3. The third-order valence-electron chi connectivity index (χ3n) is 2.87. The lowest BCUT2D eigenvalue weighted by Crippen LogP contribution is -2.19. The van der Waals surface area contributed by atoms with E-state index in [1.165, 1.54) is 5.56 Å². The van der Waals surface area contributed by atoms with E-state index in [1.54, 1.807) is 24.6 Å². The van der Waals surface area contributed by atoms with E-state index in [-0.39, 0.29) is 6.04 Å². The van der Waals surface area contributed by atoms with Crippen LogP contribution in [-0.2, 0) is 11.3 Å². The smallest absolute Gasteiger partial charge is 0.0837 e. The number of hydrogen-bond acceptors (Lipinski definition) is 4. The van der Waals surface area contributed by atoms with Crippen molar-refractivity contribution in [1.29, 1.82) is 0 Å². The molecular weight excluding hydrogens is 270 g/mol. The molecule has 1 atom stereocenters. The summed E-state index contributed by atoms with van der Waals surface area (Å²) in [5, 5.41) is 8.98. The lowest BCUT2D eigenvalue weighted by molar-refractivity contribution is 0.182. The molecular formula is C12H16ClN3OS. The van der Waals surface area contributed by atoms with Gasteiger partial charge >= 0.3 is 0 Å². The molecule has 2 heterocycles. The zero-order valence-electron chi connectivity index (χ0n) is 10.4. The Balaban J connectivity index is 2.32. The Bertz CT molecular complexity index is 523. The lowest BCUT2D eigenvalue weighted by Gasteiger charge is -2.15. The largest absolute Gasteiger partial charge is 0.383 e. The average Bonchev–Trinajstić information content (AvgIpc) is 2.92. The minimum atomic E-state index is -0.247. The van der Waals surface area contributed by atoms with E-state index in [1.807, 2.05) is 4.68 Å². The van der Waals surface area contributed by atoms with Crippen LogP contribution in [0.3, 0.4) is 0 Å². The van der Waals surface area contributed by atoms with Crippen LogP contribution in [0, 0.1) is 6.92 Å². The maximum Gasteiger partial charge on any atom is 0.0837 e. The minimum absolute atomic E-state index is 0.247. The Morgan fingerprint density at radius 3 is 2.94 bits per heavy atom. The molecule has 18 heavy (non-hydrogen) atoms. The van der Waals surface area contributed by atoms with Gasteiger partial charge in [0.25, 0.3) is 0 Å². The second-order valence-electron chi connectivity index (χ2n) is 4.08. The molecule has 0 spiro atoms. The summed E-state index contributed by atoms with van der Waals surface area (Å²) >= 11 is 7.83. The monoisotopic (exact) mass is 285 g/mol. The van der Waals surface area contributed by atoms with E-state index in [0.29, 0.717) is 18.2 Å². The zero-order valence-corrected chi connectivity index (χ0v) is 12.0. The number of nitrogens with two attached hydrogens (primary N) is 1. The van der Waals surface area contributed by atoms with Gasteiger partial charge in [-0.2, -0.15) is 16.4 Å². The first kappa shape index (κ1) is 13.5. The van der Waals surface area contributed by atoms with Crippen molar-refractivity contribution in [3.8, 4) is 0 Å². The number of aryl methyl sites for hydroxylation is 1. The fourth-order valence-electron chi connectivity index (χ4n) is 1.87. The number of nitrogens with zero attached hydrogens (tertiary/aromatic N) is 2. The third kappa shape index (κ3) is 2.59. The van der Waals surface area contributed by atoms with E-state index >= 15 is 0 Å². The first-order valence-corrected chi connectivity index (χ1v) is 6.95. The third-order valence-corrected chi connectivity index (χ3v) is 4.04. The van der Waals surface area contributed by atoms with Gasteiger partial charge in [-0.1, -0.05) is 11.6 Å². The highest BCUT2D eigenvalue weighted by Crippen LogP contribution is 2.29. The van der Waals surface area contributed by atoms with Crippen LogP contribution in [0.25, 0.3) is 0 Å². The van der Waals surface area contributed by atoms with Crippen molar-refractivity contribution in [1.82, 2.24) is 9.78 Å². The van der Waals surface area contributed by atoms with E-state index in [2.05, 4.69) is 22.8 Å². The second kappa shape index (κ2) is 5.84. The van der Waals surface area contributed by atoms with E-state index in [9.17, 15) is 0 Å². The van der Waals surface area contributed by atoms with Gasteiger partial charge in [0.2, 0.25) is 0 Å². The summed E-state index contributed by atoms with van der Waals surface area (Å²) in [5.41, 5.74) is 9.42. The fourth-order valence-corrected chi connectivity index (χ4v) is 3.02. The van der Waals surface area contributed by atoms with Crippen LogP contribution in [0.15, 0.2) is 17.0 Å². The molecule has 2 aromatic heterocycles. The summed E-state index contributed by atoms with van der Waals surface area (Å²) in [5.74, 6) is 0. The predicted octanol–water partition coefficient (Wildman–Crippen LogP) is 2.60. The van der Waals surface area contributed by atoms with Gasteiger partial charge in [-0.25, -0.2) is 0 Å². The van der Waals surface area contributed by atoms with Crippen molar-refractivity contribution < 1.29 is 4.74 Å². The van der Waals surface area contributed by atoms with Crippen molar-refractivity contribution in [3.05, 3.63) is 38.8 Å². The van der Waals surface area contributed by atoms with Crippen LogP contribution in [-0.4, -0.2) is 23.5 Å². The fraction of sp³-hybridized carbons (Fsp3) is 0.417. The predicted molar refractivity (Wildman–Crippen MR) is 74.2 cm³/mol. The molecule has 0 saturated heterocycles. The van der Waals surface area contributed by atoms with Gasteiger partial charge in [-0.05, 0) is 28.8 Å². The summed E-state index contributed by atoms with van der Waals surface area (Å²) in [6.45, 7) is 3.28. The van der Waals surface area contributed by atoms with Gasteiger partial charge in [0.1, 0.15) is 0 Å². The molecule has 0 bridgehead atoms. The van der Waals surface area contributed by atoms with Gasteiger partial charge in [0, 0.05) is 7.11 Å². The zero-order chi connectivity index (χ0) is 13.1. The molecule has 0 aliphatic carbocycles. The first-order chi connectivity index (χ1) is 8.65. The van der Waals surface area contributed by atoms with Gasteiger partial charge < -0.3 is 10.5 Å². The van der Waals surface area contributed by atoms with Gasteiger partial charge in [-0.3, -0.25) is 4.68 Å². The molecule has 0 fully saturated rings. The van der Waals surface area contributed by atoms with Gasteiger partial charge in [0.05, 0.1) is 36.1 Å². The molecule has 2 aromatic rings. The van der Waals surface area contributed by atoms with Crippen LogP contribution < -0.4 is 5.73 Å². The Labute approximate surface area is 115 Å². The van der Waals surface area contributed by atoms with Crippen molar-refractivity contribution in [2.45, 2.75) is 19.5 Å². The molecule has 0 aliphatic heterocycles. The average molecular weight is 286 g/mol. The number of ether oxygens (including phenoxy) is 1. The minimum Gasteiger partial charge on any atom is -0.383 e. The number of halogens is 1. The lowest BCUT2D eigenvalue weighted by atomic mass is 10.0. The maximum absolute atomic E-state index is 6.30. The number of aromatic nitrogens is 2. The van der Waals surface area contributed by atoms with Crippen molar-refractivity contribution in [3.63, 3.8) is 0 Å². The van der Waals surface area contributed by atoms with Gasteiger partial charge in [-0.15, -0.1) is 0 Å². The molecule has 98 valence electrons. The number of thiophene rings is 1. The summed E-state index contributed by atoms with van der Waals surface area (Å²) < 4.78 is 6.87. The Morgan fingerprint density at radius 2 is 2.33 bits per heavy atom. The highest BCUT2D eigenvalue weighted by atomic mass is 35.5. The molecule has 6 heteroatoms. The Kier molecular flexibility index (Phi) is 4.40. The Hall–Kier alpha value is -0.880. The number of methoxy groups -OCH3 is 1. The summed E-state index contributed by atoms with van der Waals surface area (Å²) in [6, 6.07) is -0.247. The SMILES string of the molecule is COCCn1ncc(Cl)c1C(N)c1cscc1C. The molecule has 0 radical (unpaired) electrons. The number of hydrogen-bond donors (Lipinski definition) is 1. The molecule has 1 unspecified atom stereocenters. The van der Waals surface area contributed by atoms with E-state index in [4.69, 9.17) is 22.1 Å². The van der Waals surface area contributed by atoms with Crippen LogP contribution in [0.1, 0.15) is 22.9 Å². The first-order valence-electron chi connectivity index (χ1n) is 5.63. The van der Waals surface area contributed by atoms with Crippen LogP contribution >= 0.6 is 22.9 Å². The van der Waals surface area contributed by atoms with Crippen LogP contribution in [0.4, 0.5) is 0 Å². The molecule has 2 N–H and O–H groups in total. The summed E-state index contributed by atoms with van der Waals surface area (Å²) in [4.78, 5) is 0. The maximum atomic E-state index is 6.30. The molecule has 0 amide bonds. The van der Waals surface area contributed by atoms with E-state index < -0.39 is 0 Å². The van der Waals surface area contributed by atoms with Crippen LogP contribution in [0.5, 0.6) is 0 Å². The molecule has 0 saturated carbocycles. The number of rotatable bonds is 5.